The van der Waals surface area contributed by atoms with Gasteiger partial charge in [0.2, 0.25) is 0 Å². The summed E-state index contributed by atoms with van der Waals surface area (Å²) in [5.74, 6) is 1.45. The first-order valence-corrected chi connectivity index (χ1v) is 9.87. The average molecular weight is 407 g/mol. The summed E-state index contributed by atoms with van der Waals surface area (Å²) in [4.78, 5) is 14.8. The van der Waals surface area contributed by atoms with Gasteiger partial charge in [0.15, 0.2) is 11.5 Å². The van der Waals surface area contributed by atoms with Crippen LogP contribution in [0.15, 0.2) is 49.1 Å². The van der Waals surface area contributed by atoms with E-state index >= 15 is 0 Å². The van der Waals surface area contributed by atoms with Crippen LogP contribution in [0.3, 0.4) is 0 Å². The summed E-state index contributed by atoms with van der Waals surface area (Å²) in [5.41, 5.74) is 4.08. The normalized spacial score (nSPS) is 13.5. The first-order valence-electron chi connectivity index (χ1n) is 9.87. The number of amides is 1. The third-order valence-corrected chi connectivity index (χ3v) is 5.36. The fourth-order valence-electron chi connectivity index (χ4n) is 3.68. The Hall–Kier alpha value is -3.39. The lowest BCUT2D eigenvalue weighted by atomic mass is 9.99. The van der Waals surface area contributed by atoms with Crippen LogP contribution in [0.25, 0.3) is 5.69 Å². The van der Waals surface area contributed by atoms with Crippen LogP contribution in [0.2, 0.25) is 0 Å². The van der Waals surface area contributed by atoms with Gasteiger partial charge in [-0.3, -0.25) is 14.3 Å². The molecule has 1 aliphatic heterocycles. The van der Waals surface area contributed by atoms with Crippen molar-refractivity contribution in [1.29, 1.82) is 0 Å². The summed E-state index contributed by atoms with van der Waals surface area (Å²) in [6.07, 6.45) is 4.20. The van der Waals surface area contributed by atoms with Gasteiger partial charge >= 0.3 is 0 Å². The highest BCUT2D eigenvalue weighted by Crippen LogP contribution is 2.33. The molecule has 1 N–H and O–H groups in total. The molecule has 1 aliphatic rings. The van der Waals surface area contributed by atoms with Crippen LogP contribution in [-0.2, 0) is 13.0 Å². The van der Waals surface area contributed by atoms with Crippen LogP contribution in [0.1, 0.15) is 21.5 Å². The molecule has 0 saturated carbocycles. The summed E-state index contributed by atoms with van der Waals surface area (Å²) in [6.45, 7) is 3.16. The molecule has 0 spiro atoms. The van der Waals surface area contributed by atoms with Crippen LogP contribution >= 0.6 is 0 Å². The maximum Gasteiger partial charge on any atom is 0.251 e. The van der Waals surface area contributed by atoms with Crippen molar-refractivity contribution in [3.63, 3.8) is 0 Å². The van der Waals surface area contributed by atoms with Crippen molar-refractivity contribution in [2.24, 2.45) is 0 Å². The van der Waals surface area contributed by atoms with E-state index in [0.717, 1.165) is 43.2 Å². The number of carbonyl (C=O) groups excluding carboxylic acids is 1. The highest BCUT2D eigenvalue weighted by molar-refractivity contribution is 5.94. The maximum atomic E-state index is 12.4. The third kappa shape index (κ3) is 4.28. The Morgan fingerprint density at radius 1 is 1.03 bits per heavy atom. The van der Waals surface area contributed by atoms with Crippen molar-refractivity contribution in [3.8, 4) is 17.2 Å². The van der Waals surface area contributed by atoms with E-state index in [4.69, 9.17) is 9.47 Å². The highest BCUT2D eigenvalue weighted by Gasteiger charge is 2.19. The first-order chi connectivity index (χ1) is 14.7. The van der Waals surface area contributed by atoms with Crippen molar-refractivity contribution in [2.45, 2.75) is 13.0 Å². The number of benzene rings is 2. The van der Waals surface area contributed by atoms with Crippen molar-refractivity contribution >= 4 is 5.91 Å². The number of fused-ring (bicyclic) bond motifs is 1. The number of hydrogen-bond donors (Lipinski definition) is 1. The summed E-state index contributed by atoms with van der Waals surface area (Å²) < 4.78 is 12.6. The minimum absolute atomic E-state index is 0.0749. The second-order valence-electron chi connectivity index (χ2n) is 7.17. The van der Waals surface area contributed by atoms with E-state index < -0.39 is 0 Å². The Kier molecular flexibility index (Phi) is 5.94. The predicted octanol–water partition coefficient (Wildman–Crippen LogP) is 2.07. The molecule has 0 bridgehead atoms. The largest absolute Gasteiger partial charge is 0.493 e. The predicted molar refractivity (Wildman–Crippen MR) is 112 cm³/mol. The molecular formula is C22H25N5O3. The molecular weight excluding hydrogens is 382 g/mol. The molecule has 0 saturated heterocycles. The minimum Gasteiger partial charge on any atom is -0.493 e. The summed E-state index contributed by atoms with van der Waals surface area (Å²) in [5, 5.41) is 10.6. The lowest BCUT2D eigenvalue weighted by Crippen LogP contribution is -2.37. The molecule has 8 nitrogen and oxygen atoms in total. The molecule has 0 fully saturated rings. The minimum atomic E-state index is -0.0749. The number of carbonyl (C=O) groups is 1. The summed E-state index contributed by atoms with van der Waals surface area (Å²) in [6, 6.07) is 11.5. The van der Waals surface area contributed by atoms with Crippen LogP contribution in [0.5, 0.6) is 11.5 Å². The topological polar surface area (TPSA) is 81.5 Å². The van der Waals surface area contributed by atoms with Gasteiger partial charge in [-0.2, -0.15) is 0 Å². The van der Waals surface area contributed by atoms with Crippen LogP contribution in [-0.4, -0.2) is 59.4 Å². The Morgan fingerprint density at radius 2 is 1.70 bits per heavy atom. The number of rotatable bonds is 7. The Morgan fingerprint density at radius 3 is 2.37 bits per heavy atom. The molecule has 0 unspecified atom stereocenters. The van der Waals surface area contributed by atoms with Crippen LogP contribution in [0, 0.1) is 0 Å². The molecule has 8 heteroatoms. The van der Waals surface area contributed by atoms with E-state index in [1.54, 1.807) is 31.4 Å². The lowest BCUT2D eigenvalue weighted by Gasteiger charge is -2.29. The van der Waals surface area contributed by atoms with Crippen molar-refractivity contribution in [2.75, 3.05) is 33.9 Å². The quantitative estimate of drug-likeness (QED) is 0.646. The summed E-state index contributed by atoms with van der Waals surface area (Å²) in [7, 11) is 3.31. The fourth-order valence-corrected chi connectivity index (χ4v) is 3.68. The molecule has 2 heterocycles. The molecule has 4 rings (SSSR count). The van der Waals surface area contributed by atoms with Crippen LogP contribution < -0.4 is 14.8 Å². The number of nitrogens with zero attached hydrogens (tertiary/aromatic N) is 4. The zero-order valence-corrected chi connectivity index (χ0v) is 17.2. The molecule has 0 radical (unpaired) electrons. The van der Waals surface area contributed by atoms with Crippen molar-refractivity contribution in [3.05, 3.63) is 65.7 Å². The second-order valence-corrected chi connectivity index (χ2v) is 7.17. The molecule has 0 aliphatic carbocycles. The fraction of sp³-hybridized carbons (Fsp3) is 0.318. The number of aromatic nitrogens is 3. The van der Waals surface area contributed by atoms with Gasteiger partial charge in [-0.1, -0.05) is 0 Å². The SMILES string of the molecule is COc1cc2c(cc1OC)CN(CCNC(=O)c1ccc(-n3cnnc3)cc1)CC2. The Balaban J connectivity index is 1.30. The molecule has 0 atom stereocenters. The van der Waals surface area contributed by atoms with Crippen molar-refractivity contribution < 1.29 is 14.3 Å². The van der Waals surface area contributed by atoms with Gasteiger partial charge in [0.1, 0.15) is 12.7 Å². The highest BCUT2D eigenvalue weighted by atomic mass is 16.5. The third-order valence-electron chi connectivity index (χ3n) is 5.36. The van der Waals surface area contributed by atoms with E-state index in [1.165, 1.54) is 11.1 Å². The molecule has 156 valence electrons. The van der Waals surface area contributed by atoms with Gasteiger partial charge < -0.3 is 14.8 Å². The van der Waals surface area contributed by atoms with Gasteiger partial charge in [0, 0.05) is 37.4 Å². The molecule has 2 aromatic carbocycles. The van der Waals surface area contributed by atoms with Gasteiger partial charge in [-0.15, -0.1) is 10.2 Å². The zero-order chi connectivity index (χ0) is 20.9. The van der Waals surface area contributed by atoms with Gasteiger partial charge in [-0.25, -0.2) is 0 Å². The van der Waals surface area contributed by atoms with Gasteiger partial charge in [0.05, 0.1) is 14.2 Å². The maximum absolute atomic E-state index is 12.4. The smallest absolute Gasteiger partial charge is 0.251 e. The molecule has 30 heavy (non-hydrogen) atoms. The van der Waals surface area contributed by atoms with Crippen molar-refractivity contribution in [1.82, 2.24) is 25.0 Å². The van der Waals surface area contributed by atoms with Crippen LogP contribution in [0.4, 0.5) is 0 Å². The number of methoxy groups -OCH3 is 2. The van der Waals surface area contributed by atoms with E-state index in [1.807, 2.05) is 24.3 Å². The standard InChI is InChI=1S/C22H25N5O3/c1-29-20-11-17-7-9-26(13-18(17)12-21(20)30-2)10-8-23-22(28)16-3-5-19(6-4-16)27-14-24-25-15-27/h3-6,11-12,14-15H,7-10,13H2,1-2H3,(H,23,28). The first kappa shape index (κ1) is 19.9. The Bertz CT molecular complexity index is 1000. The number of ether oxygens (including phenoxy) is 2. The number of nitrogens with one attached hydrogen (secondary N) is 1. The summed E-state index contributed by atoms with van der Waals surface area (Å²) >= 11 is 0. The zero-order valence-electron chi connectivity index (χ0n) is 17.2. The monoisotopic (exact) mass is 407 g/mol. The van der Waals surface area contributed by atoms with E-state index in [9.17, 15) is 4.79 Å². The van der Waals surface area contributed by atoms with E-state index in [-0.39, 0.29) is 5.91 Å². The lowest BCUT2D eigenvalue weighted by molar-refractivity contribution is 0.0947. The second kappa shape index (κ2) is 8.96. The average Bonchev–Trinajstić information content (AvgIpc) is 3.33. The van der Waals surface area contributed by atoms with E-state index in [2.05, 4.69) is 32.5 Å². The molecule has 1 amide bonds. The van der Waals surface area contributed by atoms with Gasteiger partial charge in [-0.05, 0) is 53.9 Å². The number of hydrogen-bond acceptors (Lipinski definition) is 6. The Labute approximate surface area is 175 Å². The molecule has 3 aromatic rings. The van der Waals surface area contributed by atoms with E-state index in [0.29, 0.717) is 12.1 Å². The molecule has 1 aromatic heterocycles. The van der Waals surface area contributed by atoms with Gasteiger partial charge in [0.25, 0.3) is 5.91 Å².